The lowest BCUT2D eigenvalue weighted by Gasteiger charge is -2.22. The largest absolute Gasteiger partial charge is 0.383 e. The number of fused-ring (bicyclic) bond motifs is 2. The summed E-state index contributed by atoms with van der Waals surface area (Å²) >= 11 is 0. The maximum absolute atomic E-state index is 13.3. The molecule has 0 aliphatic rings. The zero-order chi connectivity index (χ0) is 21.3. The third-order valence-corrected chi connectivity index (χ3v) is 5.65. The topological polar surface area (TPSA) is 61.1 Å². The first-order valence-corrected chi connectivity index (χ1v) is 10.3. The molecule has 0 radical (unpaired) electrons. The molecular formula is C24H28N4O2. The molecule has 2 heterocycles. The predicted molar refractivity (Wildman–Crippen MR) is 120 cm³/mol. The van der Waals surface area contributed by atoms with E-state index in [0.717, 1.165) is 34.3 Å². The number of methoxy groups -OCH3 is 1. The van der Waals surface area contributed by atoms with Crippen molar-refractivity contribution in [2.24, 2.45) is 13.0 Å². The van der Waals surface area contributed by atoms with Crippen LogP contribution in [-0.2, 0) is 18.3 Å². The summed E-state index contributed by atoms with van der Waals surface area (Å²) in [5.41, 5.74) is 3.70. The number of para-hydroxylation sites is 2. The highest BCUT2D eigenvalue weighted by atomic mass is 16.5. The van der Waals surface area contributed by atoms with Crippen LogP contribution in [0.25, 0.3) is 21.9 Å². The van der Waals surface area contributed by atoms with Gasteiger partial charge in [-0.1, -0.05) is 32.0 Å². The number of carbonyl (C=O) groups is 1. The van der Waals surface area contributed by atoms with E-state index in [2.05, 4.69) is 34.4 Å². The molecule has 2 aromatic carbocycles. The van der Waals surface area contributed by atoms with Crippen molar-refractivity contribution in [3.63, 3.8) is 0 Å². The van der Waals surface area contributed by atoms with Crippen LogP contribution in [0.3, 0.4) is 0 Å². The summed E-state index contributed by atoms with van der Waals surface area (Å²) in [7, 11) is 3.69. The second-order valence-electron chi connectivity index (χ2n) is 7.95. The Morgan fingerprint density at radius 2 is 1.87 bits per heavy atom. The number of imidazole rings is 1. The zero-order valence-corrected chi connectivity index (χ0v) is 17.9. The lowest BCUT2D eigenvalue weighted by molar-refractivity contribution is 0.0924. The van der Waals surface area contributed by atoms with E-state index in [1.54, 1.807) is 7.11 Å². The summed E-state index contributed by atoms with van der Waals surface area (Å²) in [6.07, 6.45) is 2.01. The van der Waals surface area contributed by atoms with Gasteiger partial charge in [0.05, 0.1) is 23.7 Å². The predicted octanol–water partition coefficient (Wildman–Crippen LogP) is 4.30. The van der Waals surface area contributed by atoms with Crippen molar-refractivity contribution in [3.8, 4) is 0 Å². The van der Waals surface area contributed by atoms with Gasteiger partial charge in [0.25, 0.3) is 5.91 Å². The zero-order valence-electron chi connectivity index (χ0n) is 17.9. The number of hydrogen-bond donors (Lipinski definition) is 1. The van der Waals surface area contributed by atoms with E-state index in [1.807, 2.05) is 55.7 Å². The molecule has 6 nitrogen and oxygen atoms in total. The van der Waals surface area contributed by atoms with Crippen LogP contribution in [0, 0.1) is 5.92 Å². The SMILES string of the molecule is COCCn1ccc2c(C(=O)N[C@@H](c3nc4ccccc4n3C)C(C)C)cccc21. The quantitative estimate of drug-likeness (QED) is 0.500. The fraction of sp³-hybridized carbons (Fsp3) is 0.333. The molecule has 0 bridgehead atoms. The summed E-state index contributed by atoms with van der Waals surface area (Å²) in [5.74, 6) is 0.968. The number of rotatable bonds is 7. The van der Waals surface area contributed by atoms with Crippen molar-refractivity contribution in [1.29, 1.82) is 0 Å². The molecule has 1 atom stereocenters. The molecule has 4 aromatic rings. The summed E-state index contributed by atoms with van der Waals surface area (Å²) in [5, 5.41) is 4.18. The number of nitrogens with one attached hydrogen (secondary N) is 1. The van der Waals surface area contributed by atoms with E-state index in [4.69, 9.17) is 9.72 Å². The normalized spacial score (nSPS) is 12.7. The molecule has 2 aromatic heterocycles. The first-order chi connectivity index (χ1) is 14.5. The maximum Gasteiger partial charge on any atom is 0.252 e. The second-order valence-corrected chi connectivity index (χ2v) is 7.95. The van der Waals surface area contributed by atoms with E-state index in [0.29, 0.717) is 12.2 Å². The number of aromatic nitrogens is 3. The number of aryl methyl sites for hydroxylation is 1. The average Bonchev–Trinajstić information content (AvgIpc) is 3.31. The lowest BCUT2D eigenvalue weighted by Crippen LogP contribution is -2.33. The highest BCUT2D eigenvalue weighted by Crippen LogP contribution is 2.26. The van der Waals surface area contributed by atoms with Gasteiger partial charge in [-0.3, -0.25) is 4.79 Å². The Balaban J connectivity index is 1.67. The molecule has 0 spiro atoms. The Bertz CT molecular complexity index is 1190. The number of ether oxygens (including phenoxy) is 1. The van der Waals surface area contributed by atoms with Gasteiger partial charge in [0.2, 0.25) is 0 Å². The summed E-state index contributed by atoms with van der Waals surface area (Å²) in [6.45, 7) is 5.58. The van der Waals surface area contributed by atoms with E-state index < -0.39 is 0 Å². The van der Waals surface area contributed by atoms with Crippen molar-refractivity contribution in [3.05, 3.63) is 66.1 Å². The summed E-state index contributed by atoms with van der Waals surface area (Å²) < 4.78 is 9.38. The monoisotopic (exact) mass is 404 g/mol. The Labute approximate surface area is 176 Å². The molecule has 0 aliphatic carbocycles. The van der Waals surface area contributed by atoms with Crippen LogP contribution in [0.15, 0.2) is 54.7 Å². The first-order valence-electron chi connectivity index (χ1n) is 10.3. The van der Waals surface area contributed by atoms with Crippen molar-refractivity contribution in [2.75, 3.05) is 13.7 Å². The van der Waals surface area contributed by atoms with Crippen LogP contribution in [-0.4, -0.2) is 33.7 Å². The van der Waals surface area contributed by atoms with Gasteiger partial charge in [0, 0.05) is 43.4 Å². The van der Waals surface area contributed by atoms with Crippen LogP contribution in [0.5, 0.6) is 0 Å². The van der Waals surface area contributed by atoms with Crippen molar-refractivity contribution in [2.45, 2.75) is 26.4 Å². The van der Waals surface area contributed by atoms with Gasteiger partial charge in [-0.2, -0.15) is 0 Å². The number of benzene rings is 2. The smallest absolute Gasteiger partial charge is 0.252 e. The van der Waals surface area contributed by atoms with Crippen LogP contribution in [0.1, 0.15) is 36.1 Å². The van der Waals surface area contributed by atoms with E-state index in [1.165, 1.54) is 0 Å². The molecule has 0 fully saturated rings. The maximum atomic E-state index is 13.3. The van der Waals surface area contributed by atoms with Gasteiger partial charge < -0.3 is 19.2 Å². The molecule has 0 saturated carbocycles. The van der Waals surface area contributed by atoms with E-state index >= 15 is 0 Å². The minimum Gasteiger partial charge on any atom is -0.383 e. The number of carbonyl (C=O) groups excluding carboxylic acids is 1. The molecule has 0 aliphatic heterocycles. The van der Waals surface area contributed by atoms with E-state index in [9.17, 15) is 4.79 Å². The Hall–Kier alpha value is -3.12. The summed E-state index contributed by atoms with van der Waals surface area (Å²) in [6, 6.07) is 15.7. The number of hydrogen-bond acceptors (Lipinski definition) is 3. The molecule has 6 heteroatoms. The van der Waals surface area contributed by atoms with Gasteiger partial charge in [0.15, 0.2) is 0 Å². The van der Waals surface area contributed by atoms with Gasteiger partial charge in [0.1, 0.15) is 5.82 Å². The lowest BCUT2D eigenvalue weighted by atomic mass is 10.0. The van der Waals surface area contributed by atoms with Crippen LogP contribution >= 0.6 is 0 Å². The molecular weight excluding hydrogens is 376 g/mol. The van der Waals surface area contributed by atoms with Crippen LogP contribution < -0.4 is 5.32 Å². The highest BCUT2D eigenvalue weighted by molar-refractivity contribution is 6.06. The molecule has 1 amide bonds. The van der Waals surface area contributed by atoms with E-state index in [-0.39, 0.29) is 17.9 Å². The third-order valence-electron chi connectivity index (χ3n) is 5.65. The highest BCUT2D eigenvalue weighted by Gasteiger charge is 2.25. The average molecular weight is 405 g/mol. The first kappa shape index (κ1) is 20.2. The molecule has 4 rings (SSSR count). The Kier molecular flexibility index (Phi) is 5.59. The van der Waals surface area contributed by atoms with Crippen molar-refractivity contribution in [1.82, 2.24) is 19.4 Å². The van der Waals surface area contributed by atoms with Gasteiger partial charge >= 0.3 is 0 Å². The van der Waals surface area contributed by atoms with Gasteiger partial charge in [-0.05, 0) is 36.2 Å². The minimum absolute atomic E-state index is 0.0872. The molecule has 0 unspecified atom stereocenters. The minimum atomic E-state index is -0.194. The molecule has 156 valence electrons. The fourth-order valence-corrected chi connectivity index (χ4v) is 4.00. The Morgan fingerprint density at radius 3 is 2.60 bits per heavy atom. The number of amides is 1. The fourth-order valence-electron chi connectivity index (χ4n) is 4.00. The van der Waals surface area contributed by atoms with Crippen molar-refractivity contribution < 1.29 is 9.53 Å². The van der Waals surface area contributed by atoms with Gasteiger partial charge in [-0.25, -0.2) is 4.98 Å². The standard InChI is InChI=1S/C24H28N4O2/c1-16(2)22(23-25-19-9-5-6-10-21(19)27(23)3)26-24(29)18-8-7-11-20-17(18)12-13-28(20)14-15-30-4/h5-13,16,22H,14-15H2,1-4H3,(H,26,29)/t22-/m1/s1. The number of nitrogens with zero attached hydrogens (tertiary/aromatic N) is 3. The molecule has 1 N–H and O–H groups in total. The summed E-state index contributed by atoms with van der Waals surface area (Å²) in [4.78, 5) is 18.1. The Morgan fingerprint density at radius 1 is 1.10 bits per heavy atom. The molecule has 0 saturated heterocycles. The molecule has 30 heavy (non-hydrogen) atoms. The van der Waals surface area contributed by atoms with Crippen molar-refractivity contribution >= 4 is 27.8 Å². The van der Waals surface area contributed by atoms with Crippen LogP contribution in [0.2, 0.25) is 0 Å². The van der Waals surface area contributed by atoms with Crippen LogP contribution in [0.4, 0.5) is 0 Å². The second kappa shape index (κ2) is 8.32. The van der Waals surface area contributed by atoms with Gasteiger partial charge in [-0.15, -0.1) is 0 Å². The third kappa shape index (κ3) is 3.59.